The average molecular weight is 457 g/mol. The van der Waals surface area contributed by atoms with Crippen molar-refractivity contribution in [1.29, 1.82) is 0 Å². The predicted molar refractivity (Wildman–Crippen MR) is 122 cm³/mol. The molecule has 0 spiro atoms. The Morgan fingerprint density at radius 1 is 1.11 bits per heavy atom. The monoisotopic (exact) mass is 456 g/mol. The molecule has 3 aromatic rings. The summed E-state index contributed by atoms with van der Waals surface area (Å²) in [6, 6.07) is 19.2. The van der Waals surface area contributed by atoms with Gasteiger partial charge in [-0.3, -0.25) is 10.1 Å². The van der Waals surface area contributed by atoms with Gasteiger partial charge < -0.3 is 10.1 Å². The van der Waals surface area contributed by atoms with Crippen LogP contribution >= 0.6 is 28.1 Å². The van der Waals surface area contributed by atoms with Crippen LogP contribution in [0.1, 0.15) is 30.1 Å². The molecule has 0 aromatic heterocycles. The quantitative estimate of drug-likeness (QED) is 0.357. The second kappa shape index (κ2) is 9.66. The second-order valence-corrected chi connectivity index (χ2v) is 7.54. The first-order valence-electron chi connectivity index (χ1n) is 9.11. The number of halogens is 1. The maximum Gasteiger partial charge on any atom is 0.257 e. The van der Waals surface area contributed by atoms with E-state index in [1.54, 1.807) is 18.2 Å². The summed E-state index contributed by atoms with van der Waals surface area (Å²) in [7, 11) is 0. The molecule has 0 unspecified atom stereocenters. The van der Waals surface area contributed by atoms with Crippen LogP contribution in [0.3, 0.4) is 0 Å². The highest BCUT2D eigenvalue weighted by atomic mass is 79.9. The number of unbranched alkanes of at least 4 members (excludes halogenated alkanes) is 1. The Kier molecular flexibility index (Phi) is 7.01. The summed E-state index contributed by atoms with van der Waals surface area (Å²) in [5.41, 5.74) is 1.35. The fourth-order valence-corrected chi connectivity index (χ4v) is 3.44. The molecule has 4 nitrogen and oxygen atoms in total. The third-order valence-corrected chi connectivity index (χ3v) is 5.04. The van der Waals surface area contributed by atoms with Gasteiger partial charge in [0, 0.05) is 16.6 Å². The number of thiocarbonyl (C=S) groups is 1. The van der Waals surface area contributed by atoms with E-state index in [1.165, 1.54) is 0 Å². The van der Waals surface area contributed by atoms with E-state index in [0.717, 1.165) is 39.5 Å². The normalized spacial score (nSPS) is 10.5. The molecule has 0 aliphatic rings. The SMILES string of the molecule is CCCCOc1ccc(C(=O)NC(=S)Nc2cccc3ccccc23)cc1Br. The zero-order valence-corrected chi connectivity index (χ0v) is 17.9. The predicted octanol–water partition coefficient (Wildman–Crippen LogP) is 5.91. The van der Waals surface area contributed by atoms with E-state index in [2.05, 4.69) is 33.5 Å². The zero-order valence-electron chi connectivity index (χ0n) is 15.5. The topological polar surface area (TPSA) is 50.4 Å². The minimum Gasteiger partial charge on any atom is -0.492 e. The first kappa shape index (κ1) is 20.3. The molecular weight excluding hydrogens is 436 g/mol. The summed E-state index contributed by atoms with van der Waals surface area (Å²) in [6.07, 6.45) is 2.06. The van der Waals surface area contributed by atoms with Crippen LogP contribution in [0.4, 0.5) is 5.69 Å². The number of benzene rings is 3. The smallest absolute Gasteiger partial charge is 0.257 e. The van der Waals surface area contributed by atoms with Crippen molar-refractivity contribution in [1.82, 2.24) is 5.32 Å². The van der Waals surface area contributed by atoms with Crippen LogP contribution < -0.4 is 15.4 Å². The van der Waals surface area contributed by atoms with Crippen molar-refractivity contribution < 1.29 is 9.53 Å². The number of carbonyl (C=O) groups excluding carboxylic acids is 1. The summed E-state index contributed by atoms with van der Waals surface area (Å²) in [4.78, 5) is 12.5. The average Bonchev–Trinajstić information content (AvgIpc) is 2.69. The van der Waals surface area contributed by atoms with Crippen LogP contribution in [0.2, 0.25) is 0 Å². The Morgan fingerprint density at radius 2 is 1.89 bits per heavy atom. The van der Waals surface area contributed by atoms with Gasteiger partial charge in [-0.1, -0.05) is 49.7 Å². The Hall–Kier alpha value is -2.44. The van der Waals surface area contributed by atoms with Gasteiger partial charge in [0.05, 0.1) is 11.1 Å². The molecule has 0 heterocycles. The van der Waals surface area contributed by atoms with Crippen molar-refractivity contribution >= 4 is 55.6 Å². The molecule has 144 valence electrons. The lowest BCUT2D eigenvalue weighted by molar-refractivity contribution is 0.0977. The molecule has 0 radical (unpaired) electrons. The van der Waals surface area contributed by atoms with Gasteiger partial charge >= 0.3 is 0 Å². The van der Waals surface area contributed by atoms with Crippen molar-refractivity contribution in [3.63, 3.8) is 0 Å². The van der Waals surface area contributed by atoms with E-state index < -0.39 is 0 Å². The standard InChI is InChI=1S/C22H21BrN2O2S/c1-2-3-13-27-20-12-11-16(14-18(20)23)21(26)25-22(28)24-19-10-6-8-15-7-4-5-9-17(15)19/h4-12,14H,2-3,13H2,1H3,(H2,24,25,26,28). The maximum atomic E-state index is 12.5. The van der Waals surface area contributed by atoms with Crippen LogP contribution in [-0.2, 0) is 0 Å². The molecule has 28 heavy (non-hydrogen) atoms. The van der Waals surface area contributed by atoms with Gasteiger partial charge in [-0.2, -0.15) is 0 Å². The minimum absolute atomic E-state index is 0.251. The molecule has 2 N–H and O–H groups in total. The molecule has 1 amide bonds. The molecule has 0 bridgehead atoms. The number of ether oxygens (including phenoxy) is 1. The Morgan fingerprint density at radius 3 is 2.68 bits per heavy atom. The van der Waals surface area contributed by atoms with E-state index in [1.807, 2.05) is 42.5 Å². The Balaban J connectivity index is 1.65. The number of amides is 1. The van der Waals surface area contributed by atoms with E-state index in [0.29, 0.717) is 12.2 Å². The van der Waals surface area contributed by atoms with Crippen LogP contribution in [-0.4, -0.2) is 17.6 Å². The van der Waals surface area contributed by atoms with E-state index in [-0.39, 0.29) is 11.0 Å². The highest BCUT2D eigenvalue weighted by Gasteiger charge is 2.12. The molecule has 0 saturated heterocycles. The lowest BCUT2D eigenvalue weighted by Gasteiger charge is -2.13. The first-order valence-corrected chi connectivity index (χ1v) is 10.3. The maximum absolute atomic E-state index is 12.5. The van der Waals surface area contributed by atoms with Crippen molar-refractivity contribution in [3.8, 4) is 5.75 Å². The Bertz CT molecular complexity index is 1000. The minimum atomic E-state index is -0.279. The van der Waals surface area contributed by atoms with E-state index in [9.17, 15) is 4.79 Å². The van der Waals surface area contributed by atoms with Crippen molar-refractivity contribution in [2.75, 3.05) is 11.9 Å². The molecule has 0 aliphatic heterocycles. The number of nitrogens with one attached hydrogen (secondary N) is 2. The third-order valence-electron chi connectivity index (χ3n) is 4.21. The number of fused-ring (bicyclic) bond motifs is 1. The van der Waals surface area contributed by atoms with Gasteiger partial charge in [0.1, 0.15) is 5.75 Å². The zero-order chi connectivity index (χ0) is 19.9. The number of hydrogen-bond acceptors (Lipinski definition) is 3. The van der Waals surface area contributed by atoms with Crippen LogP contribution in [0.5, 0.6) is 5.75 Å². The van der Waals surface area contributed by atoms with E-state index in [4.69, 9.17) is 17.0 Å². The van der Waals surface area contributed by atoms with Crippen LogP contribution in [0.15, 0.2) is 65.1 Å². The largest absolute Gasteiger partial charge is 0.492 e. The highest BCUT2D eigenvalue weighted by Crippen LogP contribution is 2.26. The number of carbonyl (C=O) groups is 1. The molecule has 3 rings (SSSR count). The van der Waals surface area contributed by atoms with Gasteiger partial charge in [0.25, 0.3) is 5.91 Å². The number of hydrogen-bond donors (Lipinski definition) is 2. The molecule has 3 aromatic carbocycles. The summed E-state index contributed by atoms with van der Waals surface area (Å²) in [5, 5.41) is 8.23. The summed E-state index contributed by atoms with van der Waals surface area (Å²) >= 11 is 8.79. The first-order chi connectivity index (χ1) is 13.6. The third kappa shape index (κ3) is 5.09. The van der Waals surface area contributed by atoms with Gasteiger partial charge in [-0.05, 0) is 64.2 Å². The molecule has 0 aliphatic carbocycles. The van der Waals surface area contributed by atoms with Crippen LogP contribution in [0.25, 0.3) is 10.8 Å². The lowest BCUT2D eigenvalue weighted by Crippen LogP contribution is -2.34. The molecule has 0 atom stereocenters. The van der Waals surface area contributed by atoms with E-state index >= 15 is 0 Å². The van der Waals surface area contributed by atoms with Crippen molar-refractivity contribution in [3.05, 3.63) is 70.7 Å². The summed E-state index contributed by atoms with van der Waals surface area (Å²) < 4.78 is 6.44. The number of rotatable bonds is 6. The van der Waals surface area contributed by atoms with Crippen LogP contribution in [0, 0.1) is 0 Å². The summed E-state index contributed by atoms with van der Waals surface area (Å²) in [5.74, 6) is 0.444. The van der Waals surface area contributed by atoms with Gasteiger partial charge in [0.2, 0.25) is 0 Å². The highest BCUT2D eigenvalue weighted by molar-refractivity contribution is 9.10. The lowest BCUT2D eigenvalue weighted by atomic mass is 10.1. The van der Waals surface area contributed by atoms with Gasteiger partial charge in [0.15, 0.2) is 5.11 Å². The fourth-order valence-electron chi connectivity index (χ4n) is 2.75. The molecule has 0 saturated carbocycles. The second-order valence-electron chi connectivity index (χ2n) is 6.28. The molecule has 0 fully saturated rings. The molecular formula is C22H21BrN2O2S. The van der Waals surface area contributed by atoms with Gasteiger partial charge in [-0.15, -0.1) is 0 Å². The van der Waals surface area contributed by atoms with Crippen molar-refractivity contribution in [2.45, 2.75) is 19.8 Å². The van der Waals surface area contributed by atoms with Gasteiger partial charge in [-0.25, -0.2) is 0 Å². The summed E-state index contributed by atoms with van der Waals surface area (Å²) in [6.45, 7) is 2.76. The number of anilines is 1. The Labute approximate surface area is 178 Å². The molecule has 6 heteroatoms. The van der Waals surface area contributed by atoms with Crippen molar-refractivity contribution in [2.24, 2.45) is 0 Å². The fraction of sp³-hybridized carbons (Fsp3) is 0.182.